The first-order valence-electron chi connectivity index (χ1n) is 7.94. The number of benzene rings is 1. The van der Waals surface area contributed by atoms with Crippen molar-refractivity contribution in [2.75, 3.05) is 7.05 Å². The van der Waals surface area contributed by atoms with Crippen LogP contribution in [0.2, 0.25) is 5.02 Å². The molecule has 0 aromatic heterocycles. The zero-order valence-electron chi connectivity index (χ0n) is 13.5. The molecule has 1 nitrogen and oxygen atoms in total. The van der Waals surface area contributed by atoms with E-state index in [-0.39, 0.29) is 16.3 Å². The molecule has 3 atom stereocenters. The van der Waals surface area contributed by atoms with Gasteiger partial charge in [-0.3, -0.25) is 0 Å². The Hall–Kier alpha value is -0.600. The Balaban J connectivity index is 2.14. The molecule has 2 rings (SSSR count). The molecule has 1 fully saturated rings. The van der Waals surface area contributed by atoms with E-state index in [0.29, 0.717) is 12.0 Å². The molecule has 3 heteroatoms. The van der Waals surface area contributed by atoms with Gasteiger partial charge in [0.1, 0.15) is 5.82 Å². The molecular weight excluding hydrogens is 285 g/mol. The van der Waals surface area contributed by atoms with Gasteiger partial charge in [0.15, 0.2) is 0 Å². The maximum absolute atomic E-state index is 13.3. The lowest BCUT2D eigenvalue weighted by molar-refractivity contribution is 0.0980. The molecule has 0 spiro atoms. The summed E-state index contributed by atoms with van der Waals surface area (Å²) in [4.78, 5) is 0. The monoisotopic (exact) mass is 311 g/mol. The zero-order valence-corrected chi connectivity index (χ0v) is 14.3. The van der Waals surface area contributed by atoms with Crippen molar-refractivity contribution in [2.45, 2.75) is 52.5 Å². The molecule has 1 aromatic carbocycles. The van der Waals surface area contributed by atoms with Crippen LogP contribution >= 0.6 is 11.6 Å². The van der Waals surface area contributed by atoms with E-state index >= 15 is 0 Å². The molecule has 0 saturated heterocycles. The Morgan fingerprint density at radius 2 is 2.05 bits per heavy atom. The van der Waals surface area contributed by atoms with Crippen molar-refractivity contribution in [3.8, 4) is 0 Å². The van der Waals surface area contributed by atoms with Crippen LogP contribution in [-0.4, -0.2) is 13.1 Å². The van der Waals surface area contributed by atoms with E-state index in [1.807, 2.05) is 6.07 Å². The zero-order chi connectivity index (χ0) is 15.6. The molecule has 0 heterocycles. The number of hydrogen-bond donors (Lipinski definition) is 1. The maximum atomic E-state index is 13.3. The van der Waals surface area contributed by atoms with Crippen LogP contribution in [0, 0.1) is 23.1 Å². The fraction of sp³-hybridized carbons (Fsp3) is 0.667. The molecular formula is C18H27ClFN. The Morgan fingerprint density at radius 1 is 1.33 bits per heavy atom. The van der Waals surface area contributed by atoms with Crippen molar-refractivity contribution in [3.05, 3.63) is 34.6 Å². The largest absolute Gasteiger partial charge is 0.317 e. The highest BCUT2D eigenvalue weighted by Crippen LogP contribution is 2.42. The molecule has 1 aromatic rings. The van der Waals surface area contributed by atoms with Gasteiger partial charge in [0.2, 0.25) is 0 Å². The highest BCUT2D eigenvalue weighted by Gasteiger charge is 2.38. The minimum absolute atomic E-state index is 0.176. The Labute approximate surface area is 133 Å². The second kappa shape index (κ2) is 6.66. The average Bonchev–Trinajstić information content (AvgIpc) is 2.42. The first-order valence-corrected chi connectivity index (χ1v) is 8.32. The van der Waals surface area contributed by atoms with Crippen molar-refractivity contribution < 1.29 is 4.39 Å². The average molecular weight is 312 g/mol. The molecule has 1 saturated carbocycles. The van der Waals surface area contributed by atoms with Gasteiger partial charge in [-0.25, -0.2) is 4.39 Å². The van der Waals surface area contributed by atoms with Crippen molar-refractivity contribution in [1.82, 2.24) is 5.32 Å². The topological polar surface area (TPSA) is 12.0 Å². The van der Waals surface area contributed by atoms with E-state index in [4.69, 9.17) is 11.6 Å². The van der Waals surface area contributed by atoms with E-state index in [1.165, 1.54) is 25.3 Å². The van der Waals surface area contributed by atoms with Gasteiger partial charge in [0.05, 0.1) is 5.02 Å². The quantitative estimate of drug-likeness (QED) is 0.818. The van der Waals surface area contributed by atoms with Crippen molar-refractivity contribution in [2.24, 2.45) is 17.3 Å². The number of hydrogen-bond acceptors (Lipinski definition) is 1. The Morgan fingerprint density at radius 3 is 2.67 bits per heavy atom. The van der Waals surface area contributed by atoms with Crippen LogP contribution in [0.25, 0.3) is 0 Å². The first-order chi connectivity index (χ1) is 9.83. The smallest absolute Gasteiger partial charge is 0.141 e. The van der Waals surface area contributed by atoms with Crippen LogP contribution in [0.5, 0.6) is 0 Å². The molecule has 0 radical (unpaired) electrons. The second-order valence-electron chi connectivity index (χ2n) is 7.33. The molecule has 21 heavy (non-hydrogen) atoms. The summed E-state index contributed by atoms with van der Waals surface area (Å²) in [5.41, 5.74) is 1.30. The van der Waals surface area contributed by atoms with Gasteiger partial charge in [-0.05, 0) is 61.3 Å². The maximum Gasteiger partial charge on any atom is 0.141 e. The van der Waals surface area contributed by atoms with E-state index < -0.39 is 0 Å². The number of halogens is 2. The van der Waals surface area contributed by atoms with Gasteiger partial charge in [0, 0.05) is 6.04 Å². The van der Waals surface area contributed by atoms with Gasteiger partial charge in [0.25, 0.3) is 0 Å². The predicted octanol–water partition coefficient (Wildman–Crippen LogP) is 5.07. The van der Waals surface area contributed by atoms with Crippen LogP contribution < -0.4 is 5.32 Å². The summed E-state index contributed by atoms with van der Waals surface area (Å²) in [6.07, 6.45) is 4.74. The molecule has 1 aliphatic rings. The minimum atomic E-state index is -0.335. The lowest BCUT2D eigenvalue weighted by atomic mass is 9.64. The Kier molecular flexibility index (Phi) is 5.32. The summed E-state index contributed by atoms with van der Waals surface area (Å²) in [5.74, 6) is 1.11. The highest BCUT2D eigenvalue weighted by atomic mass is 35.5. The fourth-order valence-corrected chi connectivity index (χ4v) is 4.15. The van der Waals surface area contributed by atoms with Crippen LogP contribution in [0.1, 0.15) is 45.6 Å². The fourth-order valence-electron chi connectivity index (χ4n) is 3.94. The van der Waals surface area contributed by atoms with Gasteiger partial charge >= 0.3 is 0 Å². The van der Waals surface area contributed by atoms with Crippen molar-refractivity contribution >= 4 is 11.6 Å². The van der Waals surface area contributed by atoms with Crippen LogP contribution in [-0.2, 0) is 6.42 Å². The highest BCUT2D eigenvalue weighted by molar-refractivity contribution is 6.30. The lowest BCUT2D eigenvalue weighted by Crippen LogP contribution is -2.46. The third-order valence-electron chi connectivity index (χ3n) is 5.13. The first kappa shape index (κ1) is 16.8. The molecule has 0 amide bonds. The van der Waals surface area contributed by atoms with Gasteiger partial charge in [-0.1, -0.05) is 44.9 Å². The summed E-state index contributed by atoms with van der Waals surface area (Å²) >= 11 is 5.92. The molecule has 1 N–H and O–H groups in total. The summed E-state index contributed by atoms with van der Waals surface area (Å²) in [5, 5.41) is 3.74. The van der Waals surface area contributed by atoms with E-state index in [2.05, 4.69) is 33.1 Å². The standard InChI is InChI=1S/C18H27ClFN/c1-12-5-7-14(17(9-12)21-4)18(2,3)11-13-6-8-16(20)15(19)10-13/h6,8,10,12,14,17,21H,5,7,9,11H2,1-4H3. The molecule has 118 valence electrons. The van der Waals surface area contributed by atoms with Crippen LogP contribution in [0.3, 0.4) is 0 Å². The minimum Gasteiger partial charge on any atom is -0.317 e. The van der Waals surface area contributed by atoms with Crippen LogP contribution in [0.4, 0.5) is 4.39 Å². The van der Waals surface area contributed by atoms with Crippen molar-refractivity contribution in [3.63, 3.8) is 0 Å². The predicted molar refractivity (Wildman–Crippen MR) is 88.2 cm³/mol. The van der Waals surface area contributed by atoms with E-state index in [1.54, 1.807) is 6.07 Å². The normalized spacial score (nSPS) is 26.9. The van der Waals surface area contributed by atoms with Crippen LogP contribution in [0.15, 0.2) is 18.2 Å². The van der Waals surface area contributed by atoms with E-state index in [0.717, 1.165) is 17.9 Å². The molecule has 3 unspecified atom stereocenters. The third kappa shape index (κ3) is 3.98. The van der Waals surface area contributed by atoms with Crippen molar-refractivity contribution in [1.29, 1.82) is 0 Å². The second-order valence-corrected chi connectivity index (χ2v) is 7.74. The molecule has 1 aliphatic carbocycles. The third-order valence-corrected chi connectivity index (χ3v) is 5.42. The van der Waals surface area contributed by atoms with Gasteiger partial charge in [-0.15, -0.1) is 0 Å². The Bertz CT molecular complexity index is 486. The summed E-state index contributed by atoms with van der Waals surface area (Å²) < 4.78 is 13.3. The van der Waals surface area contributed by atoms with E-state index in [9.17, 15) is 4.39 Å². The molecule has 0 bridgehead atoms. The molecule has 0 aliphatic heterocycles. The number of rotatable bonds is 4. The lowest BCUT2D eigenvalue weighted by Gasteiger charge is -2.44. The van der Waals surface area contributed by atoms with Gasteiger partial charge in [-0.2, -0.15) is 0 Å². The SMILES string of the molecule is CNC1CC(C)CCC1C(C)(C)Cc1ccc(F)c(Cl)c1. The van der Waals surface area contributed by atoms with Gasteiger partial charge < -0.3 is 5.32 Å². The number of nitrogens with one attached hydrogen (secondary N) is 1. The summed E-state index contributed by atoms with van der Waals surface area (Å²) in [6, 6.07) is 5.69. The summed E-state index contributed by atoms with van der Waals surface area (Å²) in [6.45, 7) is 7.00. The summed E-state index contributed by atoms with van der Waals surface area (Å²) in [7, 11) is 2.07.